The van der Waals surface area contributed by atoms with E-state index in [1.54, 1.807) is 14.0 Å². The summed E-state index contributed by atoms with van der Waals surface area (Å²) >= 11 is 0. The molecule has 0 N–H and O–H groups in total. The third kappa shape index (κ3) is 4.27. The Balaban J connectivity index is 1.99. The van der Waals surface area contributed by atoms with Crippen molar-refractivity contribution in [1.29, 1.82) is 0 Å². The van der Waals surface area contributed by atoms with E-state index in [4.69, 9.17) is 14.2 Å². The second-order valence-electron chi connectivity index (χ2n) is 8.22. The molecule has 30 heavy (non-hydrogen) atoms. The van der Waals surface area contributed by atoms with Crippen LogP contribution in [-0.4, -0.2) is 37.5 Å². The summed E-state index contributed by atoms with van der Waals surface area (Å²) in [6.45, 7) is 5.52. The van der Waals surface area contributed by atoms with Crippen LogP contribution in [0.4, 0.5) is 0 Å². The number of ketones is 1. The smallest absolute Gasteiger partial charge is 0.313 e. The monoisotopic (exact) mass is 414 g/mol. The van der Waals surface area contributed by atoms with Crippen molar-refractivity contribution in [3.05, 3.63) is 41.0 Å². The van der Waals surface area contributed by atoms with Gasteiger partial charge in [-0.1, -0.05) is 24.6 Å². The molecule has 3 atom stereocenters. The molecule has 0 amide bonds. The molecule has 3 rings (SSSR count). The number of methoxy groups -OCH3 is 1. The lowest BCUT2D eigenvalue weighted by Gasteiger charge is -2.37. The first-order chi connectivity index (χ1) is 14.3. The van der Waals surface area contributed by atoms with Gasteiger partial charge in [0.2, 0.25) is 0 Å². The average Bonchev–Trinajstić information content (AvgIpc) is 3.03. The van der Waals surface area contributed by atoms with E-state index < -0.39 is 5.92 Å². The number of carbonyl (C=O) groups is 3. The molecule has 162 valence electrons. The number of Topliss-reactive ketones (excluding diaryl/α,β-unsaturated/α-hetero) is 1. The molecular weight excluding hydrogens is 384 g/mol. The minimum atomic E-state index is -0.596. The van der Waals surface area contributed by atoms with E-state index >= 15 is 0 Å². The topological polar surface area (TPSA) is 78.9 Å². The Morgan fingerprint density at radius 1 is 1.27 bits per heavy atom. The van der Waals surface area contributed by atoms with Crippen LogP contribution in [0.1, 0.15) is 64.4 Å². The summed E-state index contributed by atoms with van der Waals surface area (Å²) in [5.41, 5.74) is 2.12. The number of allylic oxidation sites excluding steroid dienone is 1. The van der Waals surface area contributed by atoms with Crippen LogP contribution in [0.25, 0.3) is 0 Å². The first-order valence-corrected chi connectivity index (χ1v) is 10.5. The number of fused-ring (bicyclic) bond motifs is 1. The fourth-order valence-electron chi connectivity index (χ4n) is 4.84. The molecule has 0 heterocycles. The van der Waals surface area contributed by atoms with E-state index in [2.05, 4.69) is 6.92 Å². The number of carbonyl (C=O) groups excluding carboxylic acids is 3. The molecule has 0 saturated heterocycles. The predicted octanol–water partition coefficient (Wildman–Crippen LogP) is 4.12. The number of rotatable bonds is 7. The zero-order valence-corrected chi connectivity index (χ0v) is 18.2. The molecule has 0 aliphatic heterocycles. The highest BCUT2D eigenvalue weighted by Gasteiger charge is 2.49. The van der Waals surface area contributed by atoms with Crippen molar-refractivity contribution in [3.8, 4) is 5.75 Å². The number of hydrogen-bond acceptors (Lipinski definition) is 6. The van der Waals surface area contributed by atoms with Crippen molar-refractivity contribution in [1.82, 2.24) is 0 Å². The molecule has 0 aromatic heterocycles. The van der Waals surface area contributed by atoms with Crippen molar-refractivity contribution >= 4 is 17.7 Å². The summed E-state index contributed by atoms with van der Waals surface area (Å²) in [6, 6.07) is 7.32. The van der Waals surface area contributed by atoms with Gasteiger partial charge in [0.1, 0.15) is 11.9 Å². The Bertz CT molecular complexity index is 870. The zero-order chi connectivity index (χ0) is 21.9. The van der Waals surface area contributed by atoms with E-state index in [1.807, 2.05) is 24.3 Å². The maximum Gasteiger partial charge on any atom is 0.313 e. The van der Waals surface area contributed by atoms with Gasteiger partial charge in [-0.25, -0.2) is 0 Å². The quantitative estimate of drug-likeness (QED) is 0.625. The van der Waals surface area contributed by atoms with Crippen LogP contribution in [0.15, 0.2) is 35.4 Å². The van der Waals surface area contributed by atoms with Crippen molar-refractivity contribution in [3.63, 3.8) is 0 Å². The first kappa shape index (κ1) is 22.1. The molecule has 1 aromatic rings. The zero-order valence-electron chi connectivity index (χ0n) is 18.2. The Hall–Kier alpha value is -2.63. The summed E-state index contributed by atoms with van der Waals surface area (Å²) in [6.07, 6.45) is 2.50. The highest BCUT2D eigenvalue weighted by Crippen LogP contribution is 2.53. The highest BCUT2D eigenvalue weighted by atomic mass is 16.5. The third-order valence-corrected chi connectivity index (χ3v) is 6.41. The van der Waals surface area contributed by atoms with E-state index in [0.717, 1.165) is 11.1 Å². The van der Waals surface area contributed by atoms with Crippen LogP contribution in [0.2, 0.25) is 0 Å². The largest absolute Gasteiger partial charge is 0.497 e. The average molecular weight is 414 g/mol. The molecule has 2 aliphatic rings. The number of benzene rings is 1. The minimum Gasteiger partial charge on any atom is -0.497 e. The fraction of sp³-hybridized carbons (Fsp3) is 0.542. The molecular formula is C24H30O6. The van der Waals surface area contributed by atoms with Gasteiger partial charge in [-0.3, -0.25) is 14.4 Å². The van der Waals surface area contributed by atoms with E-state index in [-0.39, 0.29) is 42.3 Å². The molecule has 0 spiro atoms. The fourth-order valence-corrected chi connectivity index (χ4v) is 4.84. The number of hydrogen-bond donors (Lipinski definition) is 0. The van der Waals surface area contributed by atoms with Gasteiger partial charge >= 0.3 is 11.9 Å². The van der Waals surface area contributed by atoms with Gasteiger partial charge in [0.25, 0.3) is 0 Å². The predicted molar refractivity (Wildman–Crippen MR) is 111 cm³/mol. The summed E-state index contributed by atoms with van der Waals surface area (Å²) in [5.74, 6) is -0.532. The van der Waals surface area contributed by atoms with Gasteiger partial charge < -0.3 is 14.2 Å². The molecule has 6 heteroatoms. The lowest BCUT2D eigenvalue weighted by atomic mass is 9.69. The summed E-state index contributed by atoms with van der Waals surface area (Å²) in [5, 5.41) is 0. The van der Waals surface area contributed by atoms with Crippen LogP contribution in [0.3, 0.4) is 0 Å². The van der Waals surface area contributed by atoms with Gasteiger partial charge in [-0.2, -0.15) is 0 Å². The van der Waals surface area contributed by atoms with Crippen LogP contribution >= 0.6 is 0 Å². The Morgan fingerprint density at radius 2 is 2.03 bits per heavy atom. The van der Waals surface area contributed by atoms with Gasteiger partial charge in [0.15, 0.2) is 5.78 Å². The van der Waals surface area contributed by atoms with Gasteiger partial charge in [-0.15, -0.1) is 0 Å². The van der Waals surface area contributed by atoms with Crippen molar-refractivity contribution in [2.24, 2.45) is 5.41 Å². The number of esters is 2. The minimum absolute atomic E-state index is 0.0724. The Morgan fingerprint density at radius 3 is 2.70 bits per heavy atom. The second-order valence-corrected chi connectivity index (χ2v) is 8.22. The number of ether oxygens (including phenoxy) is 3. The van der Waals surface area contributed by atoms with Gasteiger partial charge in [0, 0.05) is 18.8 Å². The lowest BCUT2D eigenvalue weighted by Crippen LogP contribution is -2.36. The summed E-state index contributed by atoms with van der Waals surface area (Å²) in [4.78, 5) is 37.3. The molecule has 0 bridgehead atoms. The van der Waals surface area contributed by atoms with Gasteiger partial charge in [0.05, 0.1) is 19.6 Å². The SMILES string of the molecule is CCOC(=O)C(CC1=C2CC[C@H](OC(C)=O)[C@@]2(C)CCC1=O)c1cccc(OC)c1. The van der Waals surface area contributed by atoms with E-state index in [0.29, 0.717) is 37.0 Å². The maximum atomic E-state index is 12.9. The summed E-state index contributed by atoms with van der Waals surface area (Å²) in [7, 11) is 1.58. The molecule has 1 unspecified atom stereocenters. The normalized spacial score (nSPS) is 24.3. The molecule has 2 aliphatic carbocycles. The maximum absolute atomic E-state index is 12.9. The van der Waals surface area contributed by atoms with Crippen molar-refractivity contribution < 1.29 is 28.6 Å². The molecule has 1 fully saturated rings. The van der Waals surface area contributed by atoms with Gasteiger partial charge in [-0.05, 0) is 55.9 Å². The van der Waals surface area contributed by atoms with E-state index in [9.17, 15) is 14.4 Å². The lowest BCUT2D eigenvalue weighted by molar-refractivity contribution is -0.150. The second kappa shape index (κ2) is 9.02. The molecule has 6 nitrogen and oxygen atoms in total. The Kier molecular flexibility index (Phi) is 6.64. The summed E-state index contributed by atoms with van der Waals surface area (Å²) < 4.78 is 16.2. The first-order valence-electron chi connectivity index (χ1n) is 10.5. The van der Waals surface area contributed by atoms with E-state index in [1.165, 1.54) is 6.92 Å². The molecule has 1 saturated carbocycles. The van der Waals surface area contributed by atoms with Crippen molar-refractivity contribution in [2.75, 3.05) is 13.7 Å². The van der Waals surface area contributed by atoms with Crippen LogP contribution in [0, 0.1) is 5.41 Å². The van der Waals surface area contributed by atoms with Crippen molar-refractivity contribution in [2.45, 2.75) is 64.9 Å². The standard InChI is InChI=1S/C24H30O6/c1-5-29-23(27)18(16-7-6-8-17(13-16)28-4)14-19-20-9-10-22(30-15(2)25)24(20,3)12-11-21(19)26/h6-8,13,18,22H,5,9-12,14H2,1-4H3/t18?,22-,24-/m0/s1. The molecule has 1 aromatic carbocycles. The van der Waals surface area contributed by atoms with Crippen LogP contribution < -0.4 is 4.74 Å². The Labute approximate surface area is 177 Å². The highest BCUT2D eigenvalue weighted by molar-refractivity contribution is 5.98. The van der Waals surface area contributed by atoms with Crippen LogP contribution in [0.5, 0.6) is 5.75 Å². The third-order valence-electron chi connectivity index (χ3n) is 6.41. The van der Waals surface area contributed by atoms with Crippen LogP contribution in [-0.2, 0) is 23.9 Å². The molecule has 0 radical (unpaired) electrons.